The van der Waals surface area contributed by atoms with E-state index in [2.05, 4.69) is 19.9 Å². The van der Waals surface area contributed by atoms with Gasteiger partial charge in [-0.3, -0.25) is 0 Å². The molecule has 1 heterocycles. The van der Waals surface area contributed by atoms with Crippen LogP contribution in [-0.4, -0.2) is 23.6 Å². The summed E-state index contributed by atoms with van der Waals surface area (Å²) in [6.07, 6.45) is 2.66. The van der Waals surface area contributed by atoms with Crippen LogP contribution >= 0.6 is 0 Å². The number of sulfonamides is 1. The standard InChI is InChI=1S/C11H9N5O2S/c1-8-2-3-9(7-12)6-10(8)19(17,18)16-11-13-4-5-14-15-11/h2-6H,1H3,(H,13,15,16). The van der Waals surface area contributed by atoms with Gasteiger partial charge < -0.3 is 0 Å². The first-order valence-corrected chi connectivity index (χ1v) is 6.68. The van der Waals surface area contributed by atoms with Crippen molar-refractivity contribution in [2.75, 3.05) is 4.72 Å². The van der Waals surface area contributed by atoms with Gasteiger partial charge in [-0.15, -0.1) is 5.10 Å². The van der Waals surface area contributed by atoms with Crippen LogP contribution in [0.3, 0.4) is 0 Å². The number of nitriles is 1. The van der Waals surface area contributed by atoms with Crippen LogP contribution in [0.25, 0.3) is 0 Å². The van der Waals surface area contributed by atoms with Crippen molar-refractivity contribution in [1.82, 2.24) is 15.2 Å². The maximum Gasteiger partial charge on any atom is 0.264 e. The second kappa shape index (κ2) is 4.99. The van der Waals surface area contributed by atoms with Crippen LogP contribution in [-0.2, 0) is 10.0 Å². The molecule has 0 aliphatic rings. The van der Waals surface area contributed by atoms with Crippen molar-refractivity contribution >= 4 is 16.0 Å². The van der Waals surface area contributed by atoms with Crippen molar-refractivity contribution in [3.63, 3.8) is 0 Å². The number of nitrogens with zero attached hydrogens (tertiary/aromatic N) is 4. The van der Waals surface area contributed by atoms with Crippen molar-refractivity contribution in [3.8, 4) is 6.07 Å². The van der Waals surface area contributed by atoms with E-state index >= 15 is 0 Å². The molecule has 0 saturated heterocycles. The molecule has 0 fully saturated rings. The summed E-state index contributed by atoms with van der Waals surface area (Å²) < 4.78 is 26.5. The van der Waals surface area contributed by atoms with E-state index in [0.717, 1.165) is 0 Å². The van der Waals surface area contributed by atoms with Gasteiger partial charge in [-0.05, 0) is 24.6 Å². The van der Waals surface area contributed by atoms with Gasteiger partial charge in [-0.25, -0.2) is 18.1 Å². The maximum atomic E-state index is 12.2. The lowest BCUT2D eigenvalue weighted by Crippen LogP contribution is -2.16. The highest BCUT2D eigenvalue weighted by Crippen LogP contribution is 2.18. The molecule has 0 atom stereocenters. The van der Waals surface area contributed by atoms with E-state index in [9.17, 15) is 8.42 Å². The minimum atomic E-state index is -3.84. The van der Waals surface area contributed by atoms with Crippen LogP contribution in [0.4, 0.5) is 5.95 Å². The molecule has 0 bridgehead atoms. The number of nitrogens with one attached hydrogen (secondary N) is 1. The number of hydrogen-bond acceptors (Lipinski definition) is 6. The lowest BCUT2D eigenvalue weighted by atomic mass is 10.2. The fourth-order valence-electron chi connectivity index (χ4n) is 1.43. The highest BCUT2D eigenvalue weighted by molar-refractivity contribution is 7.92. The molecule has 0 aliphatic heterocycles. The Kier molecular flexibility index (Phi) is 3.39. The van der Waals surface area contributed by atoms with Gasteiger partial charge in [0, 0.05) is 0 Å². The van der Waals surface area contributed by atoms with E-state index in [1.807, 2.05) is 6.07 Å². The zero-order valence-electron chi connectivity index (χ0n) is 9.90. The molecule has 0 radical (unpaired) electrons. The molecule has 0 spiro atoms. The monoisotopic (exact) mass is 275 g/mol. The van der Waals surface area contributed by atoms with Crippen LogP contribution in [0.1, 0.15) is 11.1 Å². The Balaban J connectivity index is 2.43. The number of rotatable bonds is 3. The fourth-order valence-corrected chi connectivity index (χ4v) is 2.65. The van der Waals surface area contributed by atoms with Crippen LogP contribution in [0.5, 0.6) is 0 Å². The van der Waals surface area contributed by atoms with Crippen LogP contribution < -0.4 is 4.72 Å². The highest BCUT2D eigenvalue weighted by Gasteiger charge is 2.18. The minimum Gasteiger partial charge on any atom is -0.246 e. The zero-order chi connectivity index (χ0) is 13.9. The van der Waals surface area contributed by atoms with Crippen molar-refractivity contribution in [2.45, 2.75) is 11.8 Å². The molecule has 0 aliphatic carbocycles. The quantitative estimate of drug-likeness (QED) is 0.889. The van der Waals surface area contributed by atoms with E-state index in [-0.39, 0.29) is 16.4 Å². The van der Waals surface area contributed by atoms with Crippen molar-refractivity contribution < 1.29 is 8.42 Å². The summed E-state index contributed by atoms with van der Waals surface area (Å²) in [5.41, 5.74) is 0.786. The van der Waals surface area contributed by atoms with Gasteiger partial charge in [0.15, 0.2) is 0 Å². The normalized spacial score (nSPS) is 10.7. The Morgan fingerprint density at radius 3 is 2.74 bits per heavy atom. The van der Waals surface area contributed by atoms with Crippen LogP contribution in [0.15, 0.2) is 35.5 Å². The summed E-state index contributed by atoms with van der Waals surface area (Å²) in [4.78, 5) is 3.75. The smallest absolute Gasteiger partial charge is 0.246 e. The molecular weight excluding hydrogens is 266 g/mol. The first-order chi connectivity index (χ1) is 9.03. The van der Waals surface area contributed by atoms with Gasteiger partial charge in [-0.2, -0.15) is 10.4 Å². The van der Waals surface area contributed by atoms with Gasteiger partial charge in [-0.1, -0.05) is 6.07 Å². The Labute approximate surface area is 110 Å². The molecule has 0 saturated carbocycles. The number of anilines is 1. The van der Waals surface area contributed by atoms with E-state index in [4.69, 9.17) is 5.26 Å². The Morgan fingerprint density at radius 1 is 1.32 bits per heavy atom. The summed E-state index contributed by atoms with van der Waals surface area (Å²) in [6.45, 7) is 1.64. The van der Waals surface area contributed by atoms with Gasteiger partial charge in [0.2, 0.25) is 0 Å². The molecule has 0 amide bonds. The maximum absolute atomic E-state index is 12.2. The van der Waals surface area contributed by atoms with Crippen LogP contribution in [0.2, 0.25) is 0 Å². The average Bonchev–Trinajstić information content (AvgIpc) is 2.39. The predicted octanol–water partition coefficient (Wildman–Crippen LogP) is 0.852. The average molecular weight is 275 g/mol. The Bertz CT molecular complexity index is 737. The molecule has 2 rings (SSSR count). The lowest BCUT2D eigenvalue weighted by molar-refractivity contribution is 0.600. The summed E-state index contributed by atoms with van der Waals surface area (Å²) in [5.74, 6) is -0.121. The highest BCUT2D eigenvalue weighted by atomic mass is 32.2. The molecule has 1 N–H and O–H groups in total. The molecule has 8 heteroatoms. The number of aromatic nitrogens is 3. The second-order valence-electron chi connectivity index (χ2n) is 3.66. The number of aryl methyl sites for hydroxylation is 1. The third-order valence-corrected chi connectivity index (χ3v) is 3.79. The molecule has 7 nitrogen and oxygen atoms in total. The molecule has 1 aromatic heterocycles. The van der Waals surface area contributed by atoms with Crippen molar-refractivity contribution in [3.05, 3.63) is 41.7 Å². The summed E-state index contributed by atoms with van der Waals surface area (Å²) in [5, 5.41) is 15.9. The molecule has 96 valence electrons. The van der Waals surface area contributed by atoms with E-state index < -0.39 is 10.0 Å². The third kappa shape index (κ3) is 2.83. The van der Waals surface area contributed by atoms with E-state index in [1.165, 1.54) is 18.5 Å². The molecule has 2 aromatic rings. The first kappa shape index (κ1) is 12.9. The van der Waals surface area contributed by atoms with E-state index in [1.54, 1.807) is 19.1 Å². The fraction of sp³-hybridized carbons (Fsp3) is 0.0909. The first-order valence-electron chi connectivity index (χ1n) is 5.20. The van der Waals surface area contributed by atoms with Gasteiger partial charge in [0.1, 0.15) is 0 Å². The number of benzene rings is 1. The Morgan fingerprint density at radius 2 is 2.11 bits per heavy atom. The molecule has 19 heavy (non-hydrogen) atoms. The molecular formula is C11H9N5O2S. The van der Waals surface area contributed by atoms with Gasteiger partial charge >= 0.3 is 0 Å². The largest absolute Gasteiger partial charge is 0.264 e. The van der Waals surface area contributed by atoms with Crippen LogP contribution in [0, 0.1) is 18.3 Å². The second-order valence-corrected chi connectivity index (χ2v) is 5.31. The Hall–Kier alpha value is -2.53. The molecule has 0 unspecified atom stereocenters. The summed E-state index contributed by atoms with van der Waals surface area (Å²) >= 11 is 0. The van der Waals surface area contributed by atoms with Crippen molar-refractivity contribution in [2.24, 2.45) is 0 Å². The third-order valence-electron chi connectivity index (χ3n) is 2.32. The van der Waals surface area contributed by atoms with E-state index in [0.29, 0.717) is 5.56 Å². The predicted molar refractivity (Wildman–Crippen MR) is 66.5 cm³/mol. The lowest BCUT2D eigenvalue weighted by Gasteiger charge is -2.08. The molecule has 1 aromatic carbocycles. The zero-order valence-corrected chi connectivity index (χ0v) is 10.7. The minimum absolute atomic E-state index is 0.0130. The topological polar surface area (TPSA) is 109 Å². The van der Waals surface area contributed by atoms with Gasteiger partial charge in [0.25, 0.3) is 16.0 Å². The number of hydrogen-bond donors (Lipinski definition) is 1. The van der Waals surface area contributed by atoms with Crippen molar-refractivity contribution in [1.29, 1.82) is 5.26 Å². The summed E-state index contributed by atoms with van der Waals surface area (Å²) in [6, 6.07) is 6.31. The van der Waals surface area contributed by atoms with Gasteiger partial charge in [0.05, 0.1) is 28.9 Å². The summed E-state index contributed by atoms with van der Waals surface area (Å²) in [7, 11) is -3.84. The SMILES string of the molecule is Cc1ccc(C#N)cc1S(=O)(=O)Nc1nccnn1.